The van der Waals surface area contributed by atoms with Crippen molar-refractivity contribution in [1.29, 1.82) is 0 Å². The van der Waals surface area contributed by atoms with Crippen molar-refractivity contribution in [1.82, 2.24) is 15.1 Å². The number of hydrogen-bond donors (Lipinski definition) is 1. The summed E-state index contributed by atoms with van der Waals surface area (Å²) in [5.74, 6) is 0. The summed E-state index contributed by atoms with van der Waals surface area (Å²) in [6.07, 6.45) is 4.26. The van der Waals surface area contributed by atoms with Crippen LogP contribution in [-0.4, -0.2) is 67.3 Å². The highest BCUT2D eigenvalue weighted by molar-refractivity contribution is 5.74. The summed E-state index contributed by atoms with van der Waals surface area (Å²) < 4.78 is 5.79. The fourth-order valence-corrected chi connectivity index (χ4v) is 3.14. The van der Waals surface area contributed by atoms with Gasteiger partial charge in [-0.05, 0) is 46.7 Å². The van der Waals surface area contributed by atoms with E-state index in [0.29, 0.717) is 31.8 Å². The fourth-order valence-electron chi connectivity index (χ4n) is 3.14. The van der Waals surface area contributed by atoms with Gasteiger partial charge in [-0.25, -0.2) is 4.79 Å². The standard InChI is InChI=1S/C15H29N3O2/c1-5-15(2)11-18(8-9-20-15)14(19)16-12-6-7-13(10-12)17(3)4/h12-13H,5-11H2,1-4H3,(H,16,19)/t12-,13+,15+/m0/s1. The van der Waals surface area contributed by atoms with Crippen LogP contribution in [0.2, 0.25) is 0 Å². The van der Waals surface area contributed by atoms with Crippen molar-refractivity contribution in [3.63, 3.8) is 0 Å². The Balaban J connectivity index is 1.83. The molecule has 1 aliphatic heterocycles. The first kappa shape index (κ1) is 15.6. The van der Waals surface area contributed by atoms with Crippen LogP contribution in [0.15, 0.2) is 0 Å². The van der Waals surface area contributed by atoms with E-state index in [0.717, 1.165) is 19.3 Å². The molecule has 1 saturated heterocycles. The van der Waals surface area contributed by atoms with E-state index >= 15 is 0 Å². The van der Waals surface area contributed by atoms with Crippen LogP contribution in [0.3, 0.4) is 0 Å². The van der Waals surface area contributed by atoms with E-state index in [1.54, 1.807) is 0 Å². The molecule has 20 heavy (non-hydrogen) atoms. The molecule has 5 nitrogen and oxygen atoms in total. The van der Waals surface area contributed by atoms with Gasteiger partial charge in [-0.15, -0.1) is 0 Å². The van der Waals surface area contributed by atoms with Gasteiger partial charge in [0.05, 0.1) is 18.8 Å². The summed E-state index contributed by atoms with van der Waals surface area (Å²) >= 11 is 0. The lowest BCUT2D eigenvalue weighted by Gasteiger charge is -2.40. The largest absolute Gasteiger partial charge is 0.372 e. The zero-order valence-electron chi connectivity index (χ0n) is 13.3. The smallest absolute Gasteiger partial charge is 0.317 e. The van der Waals surface area contributed by atoms with Crippen molar-refractivity contribution >= 4 is 6.03 Å². The summed E-state index contributed by atoms with van der Waals surface area (Å²) in [4.78, 5) is 16.6. The fraction of sp³-hybridized carbons (Fsp3) is 0.933. The van der Waals surface area contributed by atoms with Crippen LogP contribution < -0.4 is 5.32 Å². The van der Waals surface area contributed by atoms with Crippen LogP contribution in [0.5, 0.6) is 0 Å². The molecule has 0 aromatic rings. The van der Waals surface area contributed by atoms with E-state index in [2.05, 4.69) is 38.2 Å². The monoisotopic (exact) mass is 283 g/mol. The average Bonchev–Trinajstić information content (AvgIpc) is 2.87. The molecule has 0 aromatic carbocycles. The molecule has 2 amide bonds. The second kappa shape index (κ2) is 6.31. The summed E-state index contributed by atoms with van der Waals surface area (Å²) in [6.45, 7) is 6.23. The van der Waals surface area contributed by atoms with Crippen molar-refractivity contribution in [3.05, 3.63) is 0 Å². The molecule has 1 aliphatic carbocycles. The van der Waals surface area contributed by atoms with Crippen LogP contribution in [0.4, 0.5) is 4.79 Å². The summed E-state index contributed by atoms with van der Waals surface area (Å²) in [6, 6.07) is 1.01. The van der Waals surface area contributed by atoms with Crippen molar-refractivity contribution in [2.24, 2.45) is 0 Å². The first-order chi connectivity index (χ1) is 9.43. The Bertz CT molecular complexity index is 348. The Morgan fingerprint density at radius 2 is 2.20 bits per heavy atom. The van der Waals surface area contributed by atoms with Gasteiger partial charge in [0.15, 0.2) is 0 Å². The van der Waals surface area contributed by atoms with Crippen LogP contribution in [0.1, 0.15) is 39.5 Å². The maximum atomic E-state index is 12.4. The highest BCUT2D eigenvalue weighted by Gasteiger charge is 2.34. The van der Waals surface area contributed by atoms with Gasteiger partial charge < -0.3 is 19.9 Å². The number of ether oxygens (including phenoxy) is 1. The van der Waals surface area contributed by atoms with Gasteiger partial charge >= 0.3 is 6.03 Å². The molecular weight excluding hydrogens is 254 g/mol. The maximum absolute atomic E-state index is 12.4. The number of morpholine rings is 1. The van der Waals surface area contributed by atoms with E-state index in [1.165, 1.54) is 6.42 Å². The predicted octanol–water partition coefficient (Wildman–Crippen LogP) is 1.68. The molecule has 1 N–H and O–H groups in total. The molecule has 0 radical (unpaired) electrons. The SMILES string of the molecule is CC[C@]1(C)CN(C(=O)N[C@H]2CC[C@@H](N(C)C)C2)CCO1. The number of amides is 2. The Morgan fingerprint density at radius 1 is 1.45 bits per heavy atom. The van der Waals surface area contributed by atoms with Crippen LogP contribution in [0, 0.1) is 0 Å². The first-order valence-corrected chi connectivity index (χ1v) is 7.79. The zero-order chi connectivity index (χ0) is 14.8. The third-order valence-electron chi connectivity index (χ3n) is 4.84. The van der Waals surface area contributed by atoms with E-state index in [-0.39, 0.29) is 11.6 Å². The van der Waals surface area contributed by atoms with E-state index < -0.39 is 0 Å². The van der Waals surface area contributed by atoms with Crippen molar-refractivity contribution < 1.29 is 9.53 Å². The van der Waals surface area contributed by atoms with Gasteiger partial charge in [0.1, 0.15) is 0 Å². The first-order valence-electron chi connectivity index (χ1n) is 7.79. The average molecular weight is 283 g/mol. The number of hydrogen-bond acceptors (Lipinski definition) is 3. The lowest BCUT2D eigenvalue weighted by molar-refractivity contribution is -0.0874. The highest BCUT2D eigenvalue weighted by Crippen LogP contribution is 2.24. The normalized spacial score (nSPS) is 34.5. The Kier molecular flexibility index (Phi) is 4.91. The molecule has 2 fully saturated rings. The Hall–Kier alpha value is -0.810. The zero-order valence-corrected chi connectivity index (χ0v) is 13.3. The number of rotatable bonds is 3. The molecule has 5 heteroatoms. The Labute approximate surface area is 122 Å². The molecule has 0 bridgehead atoms. The van der Waals surface area contributed by atoms with Crippen LogP contribution in [0.25, 0.3) is 0 Å². The molecule has 3 atom stereocenters. The topological polar surface area (TPSA) is 44.8 Å². The quantitative estimate of drug-likeness (QED) is 0.857. The van der Waals surface area contributed by atoms with E-state index in [9.17, 15) is 4.79 Å². The molecule has 1 saturated carbocycles. The second-order valence-corrected chi connectivity index (χ2v) is 6.65. The summed E-state index contributed by atoms with van der Waals surface area (Å²) in [5.41, 5.74) is -0.183. The maximum Gasteiger partial charge on any atom is 0.317 e. The third kappa shape index (κ3) is 3.64. The number of nitrogens with zero attached hydrogens (tertiary/aromatic N) is 2. The van der Waals surface area contributed by atoms with Crippen LogP contribution in [-0.2, 0) is 4.74 Å². The highest BCUT2D eigenvalue weighted by atomic mass is 16.5. The van der Waals surface area contributed by atoms with E-state index in [4.69, 9.17) is 4.74 Å². The number of carbonyl (C=O) groups is 1. The predicted molar refractivity (Wildman–Crippen MR) is 79.9 cm³/mol. The van der Waals surface area contributed by atoms with Crippen molar-refractivity contribution in [3.8, 4) is 0 Å². The molecule has 1 heterocycles. The number of urea groups is 1. The van der Waals surface area contributed by atoms with Gasteiger partial charge in [0, 0.05) is 18.6 Å². The van der Waals surface area contributed by atoms with Gasteiger partial charge in [-0.1, -0.05) is 6.92 Å². The van der Waals surface area contributed by atoms with Crippen molar-refractivity contribution in [2.45, 2.75) is 57.2 Å². The molecule has 0 spiro atoms. The summed E-state index contributed by atoms with van der Waals surface area (Å²) in [5, 5.41) is 3.20. The van der Waals surface area contributed by atoms with E-state index in [1.807, 2.05) is 4.90 Å². The minimum Gasteiger partial charge on any atom is -0.372 e. The van der Waals surface area contributed by atoms with Crippen molar-refractivity contribution in [2.75, 3.05) is 33.8 Å². The van der Waals surface area contributed by atoms with Gasteiger partial charge in [-0.2, -0.15) is 0 Å². The Morgan fingerprint density at radius 3 is 2.80 bits per heavy atom. The molecule has 2 aliphatic rings. The second-order valence-electron chi connectivity index (χ2n) is 6.65. The minimum atomic E-state index is -0.183. The lowest BCUT2D eigenvalue weighted by Crippen LogP contribution is -2.55. The third-order valence-corrected chi connectivity index (χ3v) is 4.84. The number of nitrogens with one attached hydrogen (secondary N) is 1. The molecule has 2 rings (SSSR count). The number of carbonyl (C=O) groups excluding carboxylic acids is 1. The van der Waals surface area contributed by atoms with Gasteiger partial charge in [0.2, 0.25) is 0 Å². The summed E-state index contributed by atoms with van der Waals surface area (Å²) in [7, 11) is 4.23. The minimum absolute atomic E-state index is 0.0809. The molecular formula is C15H29N3O2. The van der Waals surface area contributed by atoms with Gasteiger partial charge in [0.25, 0.3) is 0 Å². The lowest BCUT2D eigenvalue weighted by atomic mass is 10.0. The molecule has 0 aromatic heterocycles. The van der Waals surface area contributed by atoms with Crippen LogP contribution >= 0.6 is 0 Å². The van der Waals surface area contributed by atoms with Gasteiger partial charge in [-0.3, -0.25) is 0 Å². The molecule has 0 unspecified atom stereocenters. The molecule has 116 valence electrons.